The van der Waals surface area contributed by atoms with E-state index in [4.69, 9.17) is 24.5 Å². The van der Waals surface area contributed by atoms with Crippen molar-refractivity contribution in [2.45, 2.75) is 30.3 Å². The number of ether oxygens (including phenoxy) is 1. The maximum Gasteiger partial charge on any atom is 0.414 e. The molecule has 2 N–H and O–H groups in total. The fourth-order valence-corrected chi connectivity index (χ4v) is 5.39. The average Bonchev–Trinajstić information content (AvgIpc) is 3.44. The van der Waals surface area contributed by atoms with E-state index in [1.165, 1.54) is 22.9 Å². The number of thioether (sulfide) groups is 1. The Bertz CT molecular complexity index is 1030. The molecule has 1 fully saturated rings. The highest BCUT2D eigenvalue weighted by atomic mass is 32.2. The van der Waals surface area contributed by atoms with Gasteiger partial charge < -0.3 is 24.7 Å². The highest BCUT2D eigenvalue weighted by Crippen LogP contribution is 2.29. The molecule has 188 valence electrons. The van der Waals surface area contributed by atoms with E-state index in [0.717, 1.165) is 48.8 Å². The van der Waals surface area contributed by atoms with Gasteiger partial charge in [-0.3, -0.25) is 0 Å². The van der Waals surface area contributed by atoms with Crippen LogP contribution in [-0.4, -0.2) is 91.9 Å². The van der Waals surface area contributed by atoms with Gasteiger partial charge in [0.05, 0.1) is 17.8 Å². The smallest absolute Gasteiger partial charge is 0.414 e. The summed E-state index contributed by atoms with van der Waals surface area (Å²) < 4.78 is 14.3. The zero-order chi connectivity index (χ0) is 25.2. The number of likely N-dealkylation sites (N-methyl/N-ethyl adjacent to an activating group) is 1. The zero-order valence-corrected chi connectivity index (χ0v) is 21.0. The zero-order valence-electron chi connectivity index (χ0n) is 19.3. The second-order valence-corrected chi connectivity index (χ2v) is 9.71. The van der Waals surface area contributed by atoms with Gasteiger partial charge in [0.25, 0.3) is 0 Å². The molecule has 0 aliphatic carbocycles. The van der Waals surface area contributed by atoms with Crippen molar-refractivity contribution in [1.82, 2.24) is 18.5 Å². The first-order valence-electron chi connectivity index (χ1n) is 11.1. The summed E-state index contributed by atoms with van der Waals surface area (Å²) >= 11 is 3.02. The van der Waals surface area contributed by atoms with Gasteiger partial charge in [0.15, 0.2) is 0 Å². The normalized spacial score (nSPS) is 17.9. The Hall–Kier alpha value is -2.96. The number of hydrogen-bond donors (Lipinski definition) is 2. The molecule has 0 radical (unpaired) electrons. The van der Waals surface area contributed by atoms with Crippen LogP contribution in [0.1, 0.15) is 24.1 Å². The van der Waals surface area contributed by atoms with E-state index in [2.05, 4.69) is 38.9 Å². The Morgan fingerprint density at radius 3 is 2.63 bits per heavy atom. The molecule has 10 nitrogen and oxygen atoms in total. The van der Waals surface area contributed by atoms with Crippen LogP contribution in [0.2, 0.25) is 0 Å². The van der Waals surface area contributed by atoms with Crippen molar-refractivity contribution in [2.24, 2.45) is 0 Å². The van der Waals surface area contributed by atoms with Crippen LogP contribution in [0.15, 0.2) is 41.4 Å². The van der Waals surface area contributed by atoms with Gasteiger partial charge in [-0.2, -0.15) is 8.75 Å². The van der Waals surface area contributed by atoms with E-state index < -0.39 is 11.9 Å². The van der Waals surface area contributed by atoms with Gasteiger partial charge in [-0.15, -0.1) is 11.8 Å². The summed E-state index contributed by atoms with van der Waals surface area (Å²) in [6.45, 7) is 3.21. The van der Waals surface area contributed by atoms with E-state index >= 15 is 0 Å². The van der Waals surface area contributed by atoms with Gasteiger partial charge in [-0.1, -0.05) is 36.4 Å². The van der Waals surface area contributed by atoms with Gasteiger partial charge in [-0.25, -0.2) is 14.4 Å². The Kier molecular flexibility index (Phi) is 10.1. The average molecular weight is 521 g/mol. The summed E-state index contributed by atoms with van der Waals surface area (Å²) in [5.41, 5.74) is 3.55. The van der Waals surface area contributed by atoms with E-state index in [1.807, 2.05) is 23.1 Å². The monoisotopic (exact) mass is 520 g/mol. The Morgan fingerprint density at radius 1 is 1.20 bits per heavy atom. The van der Waals surface area contributed by atoms with Gasteiger partial charge in [-0.05, 0) is 37.4 Å². The summed E-state index contributed by atoms with van der Waals surface area (Å²) in [6.07, 6.45) is 4.90. The second kappa shape index (κ2) is 13.2. The summed E-state index contributed by atoms with van der Waals surface area (Å²) in [7, 11) is 2.14. The van der Waals surface area contributed by atoms with Crippen molar-refractivity contribution in [3.63, 3.8) is 0 Å². The molecule has 0 spiro atoms. The third kappa shape index (κ3) is 8.05. The van der Waals surface area contributed by atoms with Gasteiger partial charge in [0.1, 0.15) is 17.3 Å². The topological polar surface area (TPSA) is 133 Å². The number of aromatic nitrogens is 2. The van der Waals surface area contributed by atoms with Crippen molar-refractivity contribution >= 4 is 47.1 Å². The number of carboxylic acid groups (broad SMARTS) is 2. The van der Waals surface area contributed by atoms with Crippen LogP contribution in [0.5, 0.6) is 0 Å². The first-order valence-corrected chi connectivity index (χ1v) is 12.8. The molecule has 1 aromatic carbocycles. The fraction of sp³-hybridized carbons (Fsp3) is 0.435. The molecule has 1 amide bonds. The molecule has 4 rings (SSSR count). The Morgan fingerprint density at radius 2 is 1.94 bits per heavy atom. The molecule has 1 unspecified atom stereocenters. The highest BCUT2D eigenvalue weighted by Gasteiger charge is 2.32. The van der Waals surface area contributed by atoms with Crippen molar-refractivity contribution in [1.29, 1.82) is 0 Å². The number of nitrogens with zero attached hydrogens (tertiary/aromatic N) is 4. The lowest BCUT2D eigenvalue weighted by Gasteiger charge is -2.22. The van der Waals surface area contributed by atoms with Crippen molar-refractivity contribution in [3.8, 4) is 0 Å². The molecule has 35 heavy (non-hydrogen) atoms. The molecule has 3 heterocycles. The van der Waals surface area contributed by atoms with Crippen molar-refractivity contribution in [2.75, 3.05) is 39.0 Å². The number of benzene rings is 1. The second-order valence-electron chi connectivity index (χ2n) is 8.10. The number of amides is 1. The van der Waals surface area contributed by atoms with E-state index in [9.17, 15) is 4.79 Å². The molecular weight excluding hydrogens is 492 g/mol. The quantitative estimate of drug-likeness (QED) is 0.304. The third-order valence-corrected chi connectivity index (χ3v) is 7.15. The van der Waals surface area contributed by atoms with Crippen LogP contribution < -0.4 is 0 Å². The van der Waals surface area contributed by atoms with Crippen LogP contribution in [-0.2, 0) is 20.7 Å². The number of aliphatic carboxylic acids is 2. The summed E-state index contributed by atoms with van der Waals surface area (Å²) in [4.78, 5) is 34.5. The molecule has 1 aromatic heterocycles. The molecular formula is C23H28N4O6S2. The Balaban J connectivity index is 0.000000509. The minimum Gasteiger partial charge on any atom is -0.473 e. The Labute approximate surface area is 211 Å². The lowest BCUT2D eigenvalue weighted by molar-refractivity contribution is -0.159. The summed E-state index contributed by atoms with van der Waals surface area (Å²) in [5, 5.41) is 15.8. The van der Waals surface area contributed by atoms with Crippen LogP contribution in [0.4, 0.5) is 4.79 Å². The van der Waals surface area contributed by atoms with Crippen molar-refractivity contribution < 1.29 is 29.3 Å². The fourth-order valence-electron chi connectivity index (χ4n) is 3.76. The molecule has 0 bridgehead atoms. The highest BCUT2D eigenvalue weighted by molar-refractivity contribution is 7.99. The molecule has 12 heteroatoms. The number of cyclic esters (lactones) is 1. The van der Waals surface area contributed by atoms with Crippen LogP contribution in [0, 0.1) is 0 Å². The van der Waals surface area contributed by atoms with Crippen molar-refractivity contribution in [3.05, 3.63) is 47.7 Å². The van der Waals surface area contributed by atoms with E-state index in [1.54, 1.807) is 11.8 Å². The minimum atomic E-state index is -1.82. The third-order valence-electron chi connectivity index (χ3n) is 5.46. The molecule has 1 atom stereocenters. The summed E-state index contributed by atoms with van der Waals surface area (Å²) in [6, 6.07) is 10.4. The number of hydrogen-bond acceptors (Lipinski definition) is 9. The van der Waals surface area contributed by atoms with Crippen LogP contribution >= 0.6 is 23.5 Å². The summed E-state index contributed by atoms with van der Waals surface area (Å²) in [5.74, 6) is -2.74. The number of carbonyl (C=O) groups is 3. The first-order chi connectivity index (χ1) is 16.8. The number of rotatable bonds is 8. The van der Waals surface area contributed by atoms with E-state index in [0.29, 0.717) is 13.2 Å². The lowest BCUT2D eigenvalue weighted by Crippen LogP contribution is -2.36. The predicted octanol–water partition coefficient (Wildman–Crippen LogP) is 2.96. The first kappa shape index (κ1) is 26.6. The molecule has 1 saturated heterocycles. The van der Waals surface area contributed by atoms with Crippen LogP contribution in [0.25, 0.3) is 5.57 Å². The number of carboxylic acids is 2. The van der Waals surface area contributed by atoms with Crippen LogP contribution in [0.3, 0.4) is 0 Å². The lowest BCUT2D eigenvalue weighted by atomic mass is 10.1. The molecule has 0 saturated carbocycles. The SMILES string of the molecule is CN1CCC=C(c2nsnc2SCCCN2C(=O)OCC2Cc2ccccc2)C1.O=C(O)C(=O)O. The molecule has 2 aliphatic rings. The van der Waals surface area contributed by atoms with Gasteiger partial charge >= 0.3 is 18.0 Å². The predicted molar refractivity (Wildman–Crippen MR) is 133 cm³/mol. The largest absolute Gasteiger partial charge is 0.473 e. The number of carbonyl (C=O) groups excluding carboxylic acids is 1. The standard InChI is InChI=1S/C21H26N4O2S2.C2H2O4/c1-24-10-5-9-17(14-24)19-20(23-29-22-19)28-12-6-11-25-18(15-27-21(25)26)13-16-7-3-2-4-8-16;3-1(4)2(5)6/h2-4,7-9,18H,5-6,10-15H2,1H3;(H,3,4)(H,5,6). The maximum atomic E-state index is 12.2. The maximum absolute atomic E-state index is 12.2. The van der Waals surface area contributed by atoms with E-state index in [-0.39, 0.29) is 12.1 Å². The van der Waals surface area contributed by atoms with Gasteiger partial charge in [0, 0.05) is 25.4 Å². The van der Waals surface area contributed by atoms with Gasteiger partial charge in [0.2, 0.25) is 0 Å². The molecule has 2 aromatic rings. The molecule has 2 aliphatic heterocycles. The minimum absolute atomic E-state index is 0.120.